The van der Waals surface area contributed by atoms with Crippen LogP contribution < -0.4 is 4.90 Å². The lowest BCUT2D eigenvalue weighted by Crippen LogP contribution is -2.18. The molecule has 0 spiro atoms. The van der Waals surface area contributed by atoms with Gasteiger partial charge in [0, 0.05) is 29.9 Å². The minimum Gasteiger partial charge on any atom is -0.351 e. The van der Waals surface area contributed by atoms with Crippen molar-refractivity contribution in [2.45, 2.75) is 25.7 Å². The lowest BCUT2D eigenvalue weighted by atomic mass is 9.80. The fraction of sp³-hybridized carbons (Fsp3) is 0.238. The molecule has 1 heteroatoms. The van der Waals surface area contributed by atoms with Crippen molar-refractivity contribution in [3.05, 3.63) is 77.6 Å². The number of fused-ring (bicyclic) bond motifs is 4. The Balaban J connectivity index is 2.07. The van der Waals surface area contributed by atoms with Crippen molar-refractivity contribution in [2.75, 3.05) is 11.9 Å². The Morgan fingerprint density at radius 3 is 2.73 bits per heavy atom. The van der Waals surface area contributed by atoms with Crippen molar-refractivity contribution >= 4 is 16.8 Å². The normalized spacial score (nSPS) is 23.8. The van der Waals surface area contributed by atoms with Gasteiger partial charge in [-0.3, -0.25) is 0 Å². The highest BCUT2D eigenvalue weighted by molar-refractivity contribution is 5.97. The minimum absolute atomic E-state index is 0.0907. The summed E-state index contributed by atoms with van der Waals surface area (Å²) in [5, 5.41) is 0. The number of rotatable bonds is 0. The van der Waals surface area contributed by atoms with Crippen LogP contribution in [0.5, 0.6) is 0 Å². The van der Waals surface area contributed by atoms with E-state index in [0.717, 1.165) is 12.0 Å². The summed E-state index contributed by atoms with van der Waals surface area (Å²) in [4.78, 5) is 2.19. The van der Waals surface area contributed by atoms with Crippen LogP contribution in [-0.2, 0) is 5.41 Å². The molecule has 0 bridgehead atoms. The topological polar surface area (TPSA) is 3.24 Å². The fourth-order valence-corrected chi connectivity index (χ4v) is 4.03. The molecule has 1 heterocycles. The summed E-state index contributed by atoms with van der Waals surface area (Å²) >= 11 is 0. The van der Waals surface area contributed by atoms with Crippen LogP contribution in [0.4, 0.5) is 5.69 Å². The molecule has 3 aliphatic rings. The standard InChI is InChI=1S/C21H21N/c1-14-8-5-6-13-22(4)18-12-11-17-20(19(14)18)15-9-7-10-16(15)21(17,2)3/h5-8,10-13H,1,9H2,2-4H3/b8-5-,13-6-. The molecular formula is C21H21N. The van der Waals surface area contributed by atoms with Crippen LogP contribution >= 0.6 is 0 Å². The Morgan fingerprint density at radius 2 is 1.91 bits per heavy atom. The summed E-state index contributed by atoms with van der Waals surface area (Å²) in [5.41, 5.74) is 9.54. The van der Waals surface area contributed by atoms with Gasteiger partial charge in [-0.2, -0.15) is 0 Å². The Kier molecular flexibility index (Phi) is 2.65. The molecule has 0 unspecified atom stereocenters. The van der Waals surface area contributed by atoms with Gasteiger partial charge in [0.1, 0.15) is 0 Å². The number of hydrogen-bond acceptors (Lipinski definition) is 1. The molecule has 0 amide bonds. The molecule has 1 aliphatic heterocycles. The van der Waals surface area contributed by atoms with Crippen LogP contribution in [0.2, 0.25) is 0 Å². The van der Waals surface area contributed by atoms with E-state index in [-0.39, 0.29) is 5.41 Å². The number of anilines is 1. The van der Waals surface area contributed by atoms with Gasteiger partial charge in [-0.15, -0.1) is 0 Å². The molecule has 0 radical (unpaired) electrons. The van der Waals surface area contributed by atoms with Gasteiger partial charge >= 0.3 is 0 Å². The molecule has 22 heavy (non-hydrogen) atoms. The first kappa shape index (κ1) is 13.4. The van der Waals surface area contributed by atoms with E-state index in [1.165, 1.54) is 33.5 Å². The highest BCUT2D eigenvalue weighted by Crippen LogP contribution is 2.54. The van der Waals surface area contributed by atoms with E-state index in [0.29, 0.717) is 0 Å². The summed E-state index contributed by atoms with van der Waals surface area (Å²) in [7, 11) is 2.11. The van der Waals surface area contributed by atoms with E-state index in [1.54, 1.807) is 0 Å². The summed E-state index contributed by atoms with van der Waals surface area (Å²) in [6, 6.07) is 4.56. The van der Waals surface area contributed by atoms with Crippen molar-refractivity contribution in [1.29, 1.82) is 0 Å². The van der Waals surface area contributed by atoms with Crippen LogP contribution in [0.3, 0.4) is 0 Å². The van der Waals surface area contributed by atoms with Crippen LogP contribution in [0.25, 0.3) is 11.1 Å². The molecule has 1 aromatic carbocycles. The Morgan fingerprint density at radius 1 is 1.09 bits per heavy atom. The van der Waals surface area contributed by atoms with E-state index in [2.05, 4.69) is 81.1 Å². The van der Waals surface area contributed by atoms with E-state index >= 15 is 0 Å². The second-order valence-corrected chi connectivity index (χ2v) is 6.84. The van der Waals surface area contributed by atoms with Crippen molar-refractivity contribution in [1.82, 2.24) is 0 Å². The van der Waals surface area contributed by atoms with Crippen molar-refractivity contribution in [3.63, 3.8) is 0 Å². The number of benzene rings is 1. The molecule has 4 rings (SSSR count). The molecule has 0 saturated heterocycles. The molecule has 0 saturated carbocycles. The van der Waals surface area contributed by atoms with Gasteiger partial charge in [-0.1, -0.05) is 50.8 Å². The molecule has 110 valence electrons. The zero-order valence-electron chi connectivity index (χ0n) is 13.5. The first-order chi connectivity index (χ1) is 10.5. The van der Waals surface area contributed by atoms with Crippen LogP contribution in [0.15, 0.2) is 60.9 Å². The van der Waals surface area contributed by atoms with E-state index in [9.17, 15) is 0 Å². The average molecular weight is 287 g/mol. The molecule has 1 nitrogen and oxygen atoms in total. The van der Waals surface area contributed by atoms with Gasteiger partial charge < -0.3 is 4.90 Å². The molecule has 0 atom stereocenters. The maximum atomic E-state index is 4.34. The zero-order valence-corrected chi connectivity index (χ0v) is 13.5. The fourth-order valence-electron chi connectivity index (χ4n) is 4.03. The predicted molar refractivity (Wildman–Crippen MR) is 95.9 cm³/mol. The van der Waals surface area contributed by atoms with Crippen LogP contribution in [0.1, 0.15) is 37.0 Å². The van der Waals surface area contributed by atoms with Gasteiger partial charge in [0.15, 0.2) is 0 Å². The second-order valence-electron chi connectivity index (χ2n) is 6.84. The molecule has 0 fully saturated rings. The number of allylic oxidation sites excluding steroid dienone is 8. The van der Waals surface area contributed by atoms with Crippen molar-refractivity contribution in [3.8, 4) is 0 Å². The number of hydrogen-bond donors (Lipinski definition) is 0. The first-order valence-electron chi connectivity index (χ1n) is 7.87. The van der Waals surface area contributed by atoms with E-state index in [1.807, 2.05) is 0 Å². The molecule has 1 aromatic rings. The summed E-state index contributed by atoms with van der Waals surface area (Å²) in [5.74, 6) is 0. The van der Waals surface area contributed by atoms with Gasteiger partial charge in [-0.05, 0) is 46.4 Å². The Labute approximate surface area is 132 Å². The maximum Gasteiger partial charge on any atom is 0.0489 e. The maximum absolute atomic E-state index is 4.34. The van der Waals surface area contributed by atoms with Crippen LogP contribution in [0, 0.1) is 0 Å². The van der Waals surface area contributed by atoms with E-state index < -0.39 is 0 Å². The summed E-state index contributed by atoms with van der Waals surface area (Å²) in [6.45, 7) is 9.01. The average Bonchev–Trinajstić information content (AvgIpc) is 3.04. The van der Waals surface area contributed by atoms with Gasteiger partial charge in [0.2, 0.25) is 0 Å². The first-order valence-corrected chi connectivity index (χ1v) is 7.87. The SMILES string of the molecule is C=C1/C=C\C=C/N(C)c2ccc3c(c21)C1=C(C=CC1)C3(C)C. The predicted octanol–water partition coefficient (Wildman–Crippen LogP) is 5.22. The Bertz CT molecular complexity index is 813. The second kappa shape index (κ2) is 4.36. The summed E-state index contributed by atoms with van der Waals surface area (Å²) < 4.78 is 0. The lowest BCUT2D eigenvalue weighted by molar-refractivity contribution is 0.655. The van der Waals surface area contributed by atoms with Gasteiger partial charge in [0.25, 0.3) is 0 Å². The van der Waals surface area contributed by atoms with Crippen LogP contribution in [-0.4, -0.2) is 7.05 Å². The molecule has 0 aromatic heterocycles. The highest BCUT2D eigenvalue weighted by atomic mass is 15.1. The third-order valence-electron chi connectivity index (χ3n) is 5.18. The van der Waals surface area contributed by atoms with Gasteiger partial charge in [0.05, 0.1) is 0 Å². The minimum atomic E-state index is 0.0907. The number of nitrogens with zero attached hydrogens (tertiary/aromatic N) is 1. The van der Waals surface area contributed by atoms with Crippen molar-refractivity contribution < 1.29 is 0 Å². The van der Waals surface area contributed by atoms with E-state index in [4.69, 9.17) is 0 Å². The third-order valence-corrected chi connectivity index (χ3v) is 5.18. The smallest absolute Gasteiger partial charge is 0.0489 e. The molecule has 2 aliphatic carbocycles. The third kappa shape index (κ3) is 1.60. The quantitative estimate of drug-likeness (QED) is 0.632. The lowest BCUT2D eigenvalue weighted by Gasteiger charge is -2.27. The van der Waals surface area contributed by atoms with Crippen molar-refractivity contribution in [2.24, 2.45) is 0 Å². The molecule has 0 N–H and O–H groups in total. The van der Waals surface area contributed by atoms with Gasteiger partial charge in [-0.25, -0.2) is 0 Å². The largest absolute Gasteiger partial charge is 0.351 e. The monoisotopic (exact) mass is 287 g/mol. The zero-order chi connectivity index (χ0) is 15.5. The molecular weight excluding hydrogens is 266 g/mol. The summed E-state index contributed by atoms with van der Waals surface area (Å²) in [6.07, 6.45) is 14.0. The Hall–Kier alpha value is -2.28. The highest BCUT2D eigenvalue weighted by Gasteiger charge is 2.39.